The fourth-order valence-corrected chi connectivity index (χ4v) is 4.49. The van der Waals surface area contributed by atoms with E-state index in [1.54, 1.807) is 11.8 Å². The van der Waals surface area contributed by atoms with Gasteiger partial charge >= 0.3 is 5.97 Å². The van der Waals surface area contributed by atoms with Crippen molar-refractivity contribution < 1.29 is 22.7 Å². The molecular formula is C19H27ClN2O5S. The number of carbonyl (C=O) groups excluding carboxylic acids is 2. The molecule has 0 radical (unpaired) electrons. The predicted octanol–water partition coefficient (Wildman–Crippen LogP) is 2.73. The van der Waals surface area contributed by atoms with Gasteiger partial charge in [0.2, 0.25) is 15.9 Å². The molecule has 0 bridgehead atoms. The molecule has 1 unspecified atom stereocenters. The molecule has 0 aliphatic carbocycles. The van der Waals surface area contributed by atoms with Crippen molar-refractivity contribution in [1.29, 1.82) is 0 Å². The Morgan fingerprint density at radius 3 is 2.54 bits per heavy atom. The number of amides is 1. The Balaban J connectivity index is 1.71. The maximum Gasteiger partial charge on any atom is 0.305 e. The van der Waals surface area contributed by atoms with Crippen LogP contribution in [-0.4, -0.2) is 50.9 Å². The van der Waals surface area contributed by atoms with Gasteiger partial charge in [-0.3, -0.25) is 9.59 Å². The molecule has 1 heterocycles. The van der Waals surface area contributed by atoms with Crippen molar-refractivity contribution in [2.24, 2.45) is 0 Å². The second kappa shape index (κ2) is 10.8. The Morgan fingerprint density at radius 1 is 1.18 bits per heavy atom. The highest BCUT2D eigenvalue weighted by molar-refractivity contribution is 7.89. The minimum absolute atomic E-state index is 0.0179. The average molecular weight is 431 g/mol. The number of carbonyl (C=O) groups is 2. The minimum atomic E-state index is -3.64. The summed E-state index contributed by atoms with van der Waals surface area (Å²) in [5.41, 5.74) is 0. The third-order valence-corrected chi connectivity index (χ3v) is 6.35. The molecule has 1 N–H and O–H groups in total. The smallest absolute Gasteiger partial charge is 0.305 e. The van der Waals surface area contributed by atoms with Crippen LogP contribution < -0.4 is 4.72 Å². The number of sulfonamides is 1. The lowest BCUT2D eigenvalue weighted by Gasteiger charge is -2.17. The predicted molar refractivity (Wildman–Crippen MR) is 106 cm³/mol. The standard InChI is InChI=1S/C19H27ClN2O5S/c1-2-27-19(24)7-5-3-4-6-18(23)22-13-12-16(14-22)21-28(25,26)17-10-8-15(20)9-11-17/h8-11,16,21H,2-7,12-14H2,1H3. The van der Waals surface area contributed by atoms with Crippen LogP contribution in [0, 0.1) is 0 Å². The van der Waals surface area contributed by atoms with E-state index in [2.05, 4.69) is 4.72 Å². The summed E-state index contributed by atoms with van der Waals surface area (Å²) in [6, 6.07) is 5.68. The highest BCUT2D eigenvalue weighted by Gasteiger charge is 2.29. The number of halogens is 1. The quantitative estimate of drug-likeness (QED) is 0.455. The van der Waals surface area contributed by atoms with Gasteiger partial charge in [0.15, 0.2) is 0 Å². The molecule has 9 heteroatoms. The van der Waals surface area contributed by atoms with Gasteiger partial charge in [-0.15, -0.1) is 0 Å². The van der Waals surface area contributed by atoms with Crippen molar-refractivity contribution >= 4 is 33.5 Å². The lowest BCUT2D eigenvalue weighted by Crippen LogP contribution is -2.38. The van der Waals surface area contributed by atoms with Crippen molar-refractivity contribution in [1.82, 2.24) is 9.62 Å². The molecule has 1 aromatic carbocycles. The summed E-state index contributed by atoms with van der Waals surface area (Å²) in [7, 11) is -3.64. The fourth-order valence-electron chi connectivity index (χ4n) is 3.10. The molecule has 1 aromatic rings. The zero-order valence-corrected chi connectivity index (χ0v) is 17.6. The summed E-state index contributed by atoms with van der Waals surface area (Å²) in [5.74, 6) is -0.187. The molecule has 0 spiro atoms. The molecule has 0 aromatic heterocycles. The fraction of sp³-hybridized carbons (Fsp3) is 0.579. The van der Waals surface area contributed by atoms with Crippen LogP contribution in [0.5, 0.6) is 0 Å². The van der Waals surface area contributed by atoms with Gasteiger partial charge in [-0.2, -0.15) is 0 Å². The second-order valence-corrected chi connectivity index (χ2v) is 8.92. The summed E-state index contributed by atoms with van der Waals surface area (Å²) in [6.07, 6.45) is 3.55. The Hall–Kier alpha value is -1.64. The number of hydrogen-bond acceptors (Lipinski definition) is 5. The van der Waals surface area contributed by atoms with Gasteiger partial charge in [0.05, 0.1) is 11.5 Å². The molecule has 1 fully saturated rings. The van der Waals surface area contributed by atoms with E-state index in [-0.39, 0.29) is 22.8 Å². The maximum absolute atomic E-state index is 12.4. The minimum Gasteiger partial charge on any atom is -0.466 e. The third-order valence-electron chi connectivity index (χ3n) is 4.56. The normalized spacial score (nSPS) is 16.9. The SMILES string of the molecule is CCOC(=O)CCCCCC(=O)N1CCC(NS(=O)(=O)c2ccc(Cl)cc2)C1. The molecule has 0 saturated carbocycles. The maximum atomic E-state index is 12.4. The number of likely N-dealkylation sites (tertiary alicyclic amines) is 1. The summed E-state index contributed by atoms with van der Waals surface area (Å²) in [4.78, 5) is 25.4. The van der Waals surface area contributed by atoms with Gasteiger partial charge in [-0.05, 0) is 50.5 Å². The Morgan fingerprint density at radius 2 is 1.86 bits per heavy atom. The van der Waals surface area contributed by atoms with Crippen LogP contribution in [-0.2, 0) is 24.3 Å². The number of nitrogens with one attached hydrogen (secondary N) is 1. The Kier molecular flexibility index (Phi) is 8.72. The molecule has 1 aliphatic rings. The molecule has 7 nitrogen and oxygen atoms in total. The molecule has 2 rings (SSSR count). The highest BCUT2D eigenvalue weighted by atomic mass is 35.5. The van der Waals surface area contributed by atoms with Crippen LogP contribution in [0.1, 0.15) is 45.4 Å². The Bertz CT molecular complexity index is 767. The van der Waals surface area contributed by atoms with Crippen molar-refractivity contribution in [3.63, 3.8) is 0 Å². The molecular weight excluding hydrogens is 404 g/mol. The summed E-state index contributed by atoms with van der Waals surface area (Å²) >= 11 is 5.79. The van der Waals surface area contributed by atoms with Gasteiger partial charge in [0.25, 0.3) is 0 Å². The molecule has 28 heavy (non-hydrogen) atoms. The topological polar surface area (TPSA) is 92.8 Å². The number of esters is 1. The molecule has 1 atom stereocenters. The van der Waals surface area contributed by atoms with Crippen LogP contribution in [0.3, 0.4) is 0 Å². The first-order chi connectivity index (χ1) is 13.3. The van der Waals surface area contributed by atoms with E-state index in [4.69, 9.17) is 16.3 Å². The molecule has 1 amide bonds. The first-order valence-electron chi connectivity index (χ1n) is 9.53. The number of unbranched alkanes of at least 4 members (excludes halogenated alkanes) is 2. The van der Waals surface area contributed by atoms with E-state index >= 15 is 0 Å². The summed E-state index contributed by atoms with van der Waals surface area (Å²) < 4.78 is 32.4. The van der Waals surface area contributed by atoms with E-state index in [1.807, 2.05) is 0 Å². The second-order valence-electron chi connectivity index (χ2n) is 6.77. The summed E-state index contributed by atoms with van der Waals surface area (Å²) in [6.45, 7) is 3.06. The van der Waals surface area contributed by atoms with Crippen LogP contribution >= 0.6 is 11.6 Å². The molecule has 156 valence electrons. The van der Waals surface area contributed by atoms with E-state index in [1.165, 1.54) is 24.3 Å². The number of benzene rings is 1. The zero-order valence-electron chi connectivity index (χ0n) is 16.0. The van der Waals surface area contributed by atoms with Gasteiger partial charge in [-0.25, -0.2) is 13.1 Å². The van der Waals surface area contributed by atoms with Crippen molar-refractivity contribution in [3.05, 3.63) is 29.3 Å². The van der Waals surface area contributed by atoms with Gasteiger partial charge in [0, 0.05) is 37.0 Å². The Labute approximate surface area is 171 Å². The van der Waals surface area contributed by atoms with E-state index in [9.17, 15) is 18.0 Å². The van der Waals surface area contributed by atoms with Crippen LogP contribution in [0.4, 0.5) is 0 Å². The third kappa shape index (κ3) is 7.07. The van der Waals surface area contributed by atoms with Gasteiger partial charge < -0.3 is 9.64 Å². The van der Waals surface area contributed by atoms with Crippen molar-refractivity contribution in [3.8, 4) is 0 Å². The van der Waals surface area contributed by atoms with Crippen LogP contribution in [0.2, 0.25) is 5.02 Å². The number of hydrogen-bond donors (Lipinski definition) is 1. The average Bonchev–Trinajstić information content (AvgIpc) is 3.09. The highest BCUT2D eigenvalue weighted by Crippen LogP contribution is 2.18. The van der Waals surface area contributed by atoms with Crippen molar-refractivity contribution in [2.45, 2.75) is 56.4 Å². The van der Waals surface area contributed by atoms with Crippen LogP contribution in [0.15, 0.2) is 29.2 Å². The first-order valence-corrected chi connectivity index (χ1v) is 11.4. The lowest BCUT2D eigenvalue weighted by atomic mass is 10.1. The lowest BCUT2D eigenvalue weighted by molar-refractivity contribution is -0.143. The zero-order chi connectivity index (χ0) is 20.6. The van der Waals surface area contributed by atoms with Gasteiger partial charge in [-0.1, -0.05) is 18.0 Å². The molecule has 1 saturated heterocycles. The van der Waals surface area contributed by atoms with E-state index in [0.29, 0.717) is 56.8 Å². The monoisotopic (exact) mass is 430 g/mol. The number of nitrogens with zero attached hydrogens (tertiary/aromatic N) is 1. The van der Waals surface area contributed by atoms with Crippen LogP contribution in [0.25, 0.3) is 0 Å². The number of rotatable bonds is 10. The van der Waals surface area contributed by atoms with E-state index < -0.39 is 10.0 Å². The largest absolute Gasteiger partial charge is 0.466 e. The summed E-state index contributed by atoms with van der Waals surface area (Å²) in [5, 5.41) is 0.471. The van der Waals surface area contributed by atoms with E-state index in [0.717, 1.165) is 6.42 Å². The molecule has 1 aliphatic heterocycles. The van der Waals surface area contributed by atoms with Gasteiger partial charge in [0.1, 0.15) is 0 Å². The van der Waals surface area contributed by atoms with Crippen molar-refractivity contribution in [2.75, 3.05) is 19.7 Å². The first kappa shape index (κ1) is 22.6. The number of ether oxygens (including phenoxy) is 1.